The topological polar surface area (TPSA) is 117 Å². The molecule has 3 N–H and O–H groups in total. The van der Waals surface area contributed by atoms with Crippen molar-refractivity contribution in [2.45, 2.75) is 52.9 Å². The highest BCUT2D eigenvalue weighted by atomic mass is 79.9. The van der Waals surface area contributed by atoms with E-state index in [1.54, 1.807) is 30.4 Å². The molecule has 0 saturated carbocycles. The number of hydrogen-bond acceptors (Lipinski definition) is 6. The van der Waals surface area contributed by atoms with E-state index in [0.29, 0.717) is 24.3 Å². The normalized spacial score (nSPS) is 13.0. The smallest absolute Gasteiger partial charge is 0.408 e. The molecule has 2 aromatic heterocycles. The van der Waals surface area contributed by atoms with E-state index < -0.39 is 23.3 Å². The zero-order chi connectivity index (χ0) is 24.7. The van der Waals surface area contributed by atoms with Gasteiger partial charge in [0.2, 0.25) is 0 Å². The Labute approximate surface area is 205 Å². The van der Waals surface area contributed by atoms with Crippen LogP contribution in [-0.4, -0.2) is 22.1 Å². The van der Waals surface area contributed by atoms with Gasteiger partial charge in [-0.05, 0) is 65.7 Å². The summed E-state index contributed by atoms with van der Waals surface area (Å²) in [5.41, 5.74) is -0.961. The second-order valence-corrected chi connectivity index (χ2v) is 10.2. The molecule has 2 aromatic rings. The number of Topliss-reactive ketones (excluding diaryl/α,β-unsaturated/α-hetero) is 1. The molecule has 2 rings (SSSR count). The van der Waals surface area contributed by atoms with E-state index in [4.69, 9.17) is 9.52 Å². The highest BCUT2D eigenvalue weighted by Gasteiger charge is 2.22. The fraction of sp³-hybridized carbons (Fsp3) is 0.375. The predicted octanol–water partition coefficient (Wildman–Crippen LogP) is 6.32. The van der Waals surface area contributed by atoms with Crippen LogP contribution >= 0.6 is 27.3 Å². The molecule has 2 heterocycles. The molecule has 0 aliphatic heterocycles. The van der Waals surface area contributed by atoms with E-state index in [9.17, 15) is 19.5 Å². The minimum atomic E-state index is -1.15. The number of aromatic hydroxyl groups is 1. The molecule has 0 saturated heterocycles. The molecule has 9 heteroatoms. The molecule has 0 bridgehead atoms. The first-order valence-corrected chi connectivity index (χ1v) is 12.1. The van der Waals surface area contributed by atoms with Crippen LogP contribution in [0.3, 0.4) is 0 Å². The Hall–Kier alpha value is -2.65. The minimum Gasteiger partial charge on any atom is -0.507 e. The van der Waals surface area contributed by atoms with Gasteiger partial charge < -0.3 is 14.6 Å². The average Bonchev–Trinajstić information content (AvgIpc) is 3.04. The number of carboxylic acid groups (broad SMARTS) is 1. The lowest BCUT2D eigenvalue weighted by atomic mass is 10.00. The summed E-state index contributed by atoms with van der Waals surface area (Å²) in [4.78, 5) is 37.9. The molecule has 0 aliphatic carbocycles. The van der Waals surface area contributed by atoms with Crippen molar-refractivity contribution >= 4 is 45.2 Å². The minimum absolute atomic E-state index is 0.222. The zero-order valence-corrected chi connectivity index (χ0v) is 21.4. The molecule has 0 fully saturated rings. The summed E-state index contributed by atoms with van der Waals surface area (Å²) in [6, 6.07) is 3.33. The van der Waals surface area contributed by atoms with Crippen molar-refractivity contribution in [1.82, 2.24) is 5.32 Å². The van der Waals surface area contributed by atoms with Gasteiger partial charge >= 0.3 is 11.7 Å². The molecule has 1 unspecified atom stereocenters. The highest BCUT2D eigenvalue weighted by Crippen LogP contribution is 2.32. The Balaban J connectivity index is 2.18. The van der Waals surface area contributed by atoms with E-state index in [1.165, 1.54) is 17.1 Å². The van der Waals surface area contributed by atoms with Crippen LogP contribution in [-0.2, 0) is 6.42 Å². The van der Waals surface area contributed by atoms with Crippen molar-refractivity contribution in [1.29, 1.82) is 0 Å². The molecule has 178 valence electrons. The van der Waals surface area contributed by atoms with E-state index in [1.807, 2.05) is 13.0 Å². The maximum Gasteiger partial charge on any atom is 0.408 e. The number of carbonyl (C=O) groups is 2. The summed E-state index contributed by atoms with van der Waals surface area (Å²) in [5, 5.41) is 21.1. The average molecular weight is 538 g/mol. The first-order chi connectivity index (χ1) is 15.5. The Morgan fingerprint density at radius 3 is 2.58 bits per heavy atom. The number of thiophene rings is 1. The molecular formula is C24H28BrNO6S. The van der Waals surface area contributed by atoms with Crippen LogP contribution < -0.4 is 10.9 Å². The summed E-state index contributed by atoms with van der Waals surface area (Å²) in [7, 11) is 0. The third kappa shape index (κ3) is 7.71. The predicted molar refractivity (Wildman–Crippen MR) is 133 cm³/mol. The van der Waals surface area contributed by atoms with E-state index >= 15 is 0 Å². The lowest BCUT2D eigenvalue weighted by Gasteiger charge is -2.11. The zero-order valence-electron chi connectivity index (χ0n) is 19.0. The van der Waals surface area contributed by atoms with Crippen molar-refractivity contribution in [2.75, 3.05) is 0 Å². The SMILES string of the molecule is C/C(=C\c1sc(CC(C)C)cc1Br)C(=O)c1c(O)cc(C(C)CC/C=C/NC(=O)O)oc1=O. The van der Waals surface area contributed by atoms with Crippen LogP contribution in [0.1, 0.15) is 72.3 Å². The van der Waals surface area contributed by atoms with Gasteiger partial charge in [0, 0.05) is 32.4 Å². The molecule has 7 nitrogen and oxygen atoms in total. The van der Waals surface area contributed by atoms with Gasteiger partial charge in [-0.15, -0.1) is 11.3 Å². The quantitative estimate of drug-likeness (QED) is 0.241. The number of rotatable bonds is 10. The van der Waals surface area contributed by atoms with Gasteiger partial charge in [0.25, 0.3) is 0 Å². The van der Waals surface area contributed by atoms with Gasteiger partial charge in [-0.1, -0.05) is 26.8 Å². The van der Waals surface area contributed by atoms with Crippen LogP contribution in [0.2, 0.25) is 0 Å². The second kappa shape index (κ2) is 12.0. The summed E-state index contributed by atoms with van der Waals surface area (Å²) in [6.45, 7) is 7.69. The fourth-order valence-electron chi connectivity index (χ4n) is 3.15. The van der Waals surface area contributed by atoms with Crippen molar-refractivity contribution < 1.29 is 24.2 Å². The standard InChI is InChI=1S/C24H28BrNO6S/c1-13(2)9-16-11-17(25)20(33-16)10-15(4)22(28)21-18(27)12-19(32-23(21)29)14(3)7-5-6-8-26-24(30)31/h6,8,10-14,26-27H,5,7,9H2,1-4H3,(H,30,31)/b8-6+,15-10+. The largest absolute Gasteiger partial charge is 0.507 e. The number of allylic oxidation sites excluding steroid dienone is 2. The number of ketones is 1. The van der Waals surface area contributed by atoms with Gasteiger partial charge in [-0.3, -0.25) is 10.1 Å². The first-order valence-electron chi connectivity index (χ1n) is 10.5. The summed E-state index contributed by atoms with van der Waals surface area (Å²) in [5.74, 6) is -0.460. The highest BCUT2D eigenvalue weighted by molar-refractivity contribution is 9.10. The van der Waals surface area contributed by atoms with Crippen molar-refractivity contribution in [3.63, 3.8) is 0 Å². The van der Waals surface area contributed by atoms with Crippen molar-refractivity contribution in [3.8, 4) is 5.75 Å². The number of halogens is 1. The third-order valence-corrected chi connectivity index (χ3v) is 6.86. The third-order valence-electron chi connectivity index (χ3n) is 4.83. The van der Waals surface area contributed by atoms with Crippen LogP contribution in [0.4, 0.5) is 4.79 Å². The molecule has 33 heavy (non-hydrogen) atoms. The number of amides is 1. The van der Waals surface area contributed by atoms with Crippen LogP contribution in [0.5, 0.6) is 5.75 Å². The summed E-state index contributed by atoms with van der Waals surface area (Å²) in [6.07, 6.45) is 5.53. The second-order valence-electron chi connectivity index (χ2n) is 8.21. The Morgan fingerprint density at radius 2 is 1.97 bits per heavy atom. The fourth-order valence-corrected chi connectivity index (χ4v) is 5.20. The Kier molecular flexibility index (Phi) is 9.67. The van der Waals surface area contributed by atoms with Crippen LogP contribution in [0.25, 0.3) is 6.08 Å². The molecular weight excluding hydrogens is 510 g/mol. The lowest BCUT2D eigenvalue weighted by molar-refractivity contribution is 0.102. The van der Waals surface area contributed by atoms with E-state index in [0.717, 1.165) is 15.8 Å². The van der Waals surface area contributed by atoms with Gasteiger partial charge in [0.15, 0.2) is 5.78 Å². The summed E-state index contributed by atoms with van der Waals surface area (Å²) < 4.78 is 6.21. The molecule has 0 aromatic carbocycles. The maximum atomic E-state index is 12.9. The van der Waals surface area contributed by atoms with Gasteiger partial charge in [-0.2, -0.15) is 0 Å². The molecule has 0 radical (unpaired) electrons. The molecule has 1 amide bonds. The Morgan fingerprint density at radius 1 is 1.27 bits per heavy atom. The van der Waals surface area contributed by atoms with Crippen molar-refractivity contribution in [3.05, 3.63) is 66.0 Å². The number of nitrogens with one attached hydrogen (secondary N) is 1. The van der Waals surface area contributed by atoms with Crippen LogP contribution in [0, 0.1) is 5.92 Å². The van der Waals surface area contributed by atoms with Gasteiger partial charge in [0.1, 0.15) is 17.1 Å². The van der Waals surface area contributed by atoms with Crippen molar-refractivity contribution in [2.24, 2.45) is 5.92 Å². The van der Waals surface area contributed by atoms with Gasteiger partial charge in [0.05, 0.1) is 0 Å². The maximum absolute atomic E-state index is 12.9. The first kappa shape index (κ1) is 26.6. The van der Waals surface area contributed by atoms with Crippen LogP contribution in [0.15, 0.2) is 43.7 Å². The molecule has 0 aliphatic rings. The number of carbonyl (C=O) groups excluding carboxylic acids is 1. The van der Waals surface area contributed by atoms with E-state index in [2.05, 4.69) is 35.1 Å². The van der Waals surface area contributed by atoms with Gasteiger partial charge in [-0.25, -0.2) is 9.59 Å². The van der Waals surface area contributed by atoms with E-state index in [-0.39, 0.29) is 17.2 Å². The monoisotopic (exact) mass is 537 g/mol. The Bertz CT molecular complexity index is 1130. The summed E-state index contributed by atoms with van der Waals surface area (Å²) >= 11 is 5.09. The lowest BCUT2D eigenvalue weighted by Crippen LogP contribution is -2.16. The molecule has 1 atom stereocenters. The number of hydrogen-bond donors (Lipinski definition) is 3. The molecule has 0 spiro atoms.